The number of halogens is 2. The molecule has 2 fully saturated rings. The Bertz CT molecular complexity index is 1570. The number of carbonyl (C=O) groups is 2. The van der Waals surface area contributed by atoms with Gasteiger partial charge in [0.1, 0.15) is 0 Å². The van der Waals surface area contributed by atoms with Crippen LogP contribution >= 0.6 is 23.2 Å². The highest BCUT2D eigenvalue weighted by molar-refractivity contribution is 6.31. The summed E-state index contributed by atoms with van der Waals surface area (Å²) in [6, 6.07) is 23.2. The van der Waals surface area contributed by atoms with Crippen LogP contribution in [0.1, 0.15) is 120 Å². The summed E-state index contributed by atoms with van der Waals surface area (Å²) in [7, 11) is 0. The standard InChI is InChI=1S/2C21H25ClN2O/c2*1-14-13-19(11-12-23-14)17-5-3-16(4-6-17)15(2)24-21(25)18-7-9-20(22)10-8-18/h2*7-13,15-17H,3-6H2,1-2H3,(H,24,25)/t15-,16?,17?;/m0./s1. The summed E-state index contributed by atoms with van der Waals surface area (Å²) in [6.07, 6.45) is 13.1. The van der Waals surface area contributed by atoms with E-state index in [1.807, 2.05) is 26.2 Å². The molecule has 0 radical (unpaired) electrons. The molecule has 2 saturated carbocycles. The summed E-state index contributed by atoms with van der Waals surface area (Å²) in [5, 5.41) is 7.61. The summed E-state index contributed by atoms with van der Waals surface area (Å²) in [4.78, 5) is 33.3. The fourth-order valence-corrected chi connectivity index (χ4v) is 7.82. The Morgan fingerprint density at radius 1 is 0.580 bits per heavy atom. The lowest BCUT2D eigenvalue weighted by Gasteiger charge is -2.33. The van der Waals surface area contributed by atoms with Gasteiger partial charge >= 0.3 is 0 Å². The van der Waals surface area contributed by atoms with Gasteiger partial charge in [0.15, 0.2) is 0 Å². The van der Waals surface area contributed by atoms with Gasteiger partial charge in [0.2, 0.25) is 0 Å². The number of pyridine rings is 2. The van der Waals surface area contributed by atoms with Crippen molar-refractivity contribution in [3.63, 3.8) is 0 Å². The van der Waals surface area contributed by atoms with Gasteiger partial charge < -0.3 is 10.6 Å². The molecule has 0 aliphatic heterocycles. The van der Waals surface area contributed by atoms with Crippen molar-refractivity contribution in [3.05, 3.63) is 129 Å². The molecule has 2 atom stereocenters. The molecular formula is C42H50Cl2N4O2. The Balaban J connectivity index is 0.000000194. The highest BCUT2D eigenvalue weighted by Gasteiger charge is 2.28. The SMILES string of the molecule is Cc1cc(C2CCC(C(C)NC(=O)c3ccc(Cl)cc3)CC2)ccn1.Cc1cc(C2CCC([C@H](C)NC(=O)c3ccc(Cl)cc3)CC2)ccn1. The number of hydrogen-bond acceptors (Lipinski definition) is 4. The molecule has 0 spiro atoms. The molecule has 4 aromatic rings. The van der Waals surface area contributed by atoms with Crippen molar-refractivity contribution in [2.45, 2.75) is 103 Å². The van der Waals surface area contributed by atoms with Crippen LogP contribution in [0.4, 0.5) is 0 Å². The van der Waals surface area contributed by atoms with Crippen molar-refractivity contribution in [1.82, 2.24) is 20.6 Å². The van der Waals surface area contributed by atoms with Gasteiger partial charge in [-0.05, 0) is 187 Å². The molecule has 50 heavy (non-hydrogen) atoms. The maximum Gasteiger partial charge on any atom is 0.251 e. The van der Waals surface area contributed by atoms with Gasteiger partial charge in [-0.3, -0.25) is 19.6 Å². The quantitative estimate of drug-likeness (QED) is 0.190. The third-order valence-corrected chi connectivity index (χ3v) is 11.2. The van der Waals surface area contributed by atoms with Crippen LogP contribution in [0, 0.1) is 25.7 Å². The first kappa shape index (κ1) is 37.5. The Morgan fingerprint density at radius 3 is 1.24 bits per heavy atom. The Labute approximate surface area is 307 Å². The minimum absolute atomic E-state index is 0.0175. The zero-order valence-corrected chi connectivity index (χ0v) is 31.2. The first-order chi connectivity index (χ1) is 24.0. The molecule has 2 heterocycles. The number of carbonyl (C=O) groups excluding carboxylic acids is 2. The number of hydrogen-bond donors (Lipinski definition) is 2. The molecule has 2 N–H and O–H groups in total. The van der Waals surface area contributed by atoms with E-state index < -0.39 is 0 Å². The van der Waals surface area contributed by atoms with E-state index in [4.69, 9.17) is 23.2 Å². The molecule has 0 saturated heterocycles. The van der Waals surface area contributed by atoms with E-state index in [0.717, 1.165) is 37.1 Å². The maximum absolute atomic E-state index is 12.4. The van der Waals surface area contributed by atoms with E-state index in [2.05, 4.69) is 58.7 Å². The first-order valence-corrected chi connectivity index (χ1v) is 18.8. The molecule has 2 aliphatic rings. The number of rotatable bonds is 8. The van der Waals surface area contributed by atoms with Crippen molar-refractivity contribution in [3.8, 4) is 0 Å². The van der Waals surface area contributed by atoms with Crippen molar-refractivity contribution in [2.24, 2.45) is 11.8 Å². The van der Waals surface area contributed by atoms with Crippen molar-refractivity contribution in [1.29, 1.82) is 0 Å². The van der Waals surface area contributed by atoms with Gasteiger partial charge in [-0.25, -0.2) is 0 Å². The second kappa shape index (κ2) is 18.0. The number of nitrogens with one attached hydrogen (secondary N) is 2. The number of aryl methyl sites for hydroxylation is 2. The summed E-state index contributed by atoms with van der Waals surface area (Å²) < 4.78 is 0. The van der Waals surface area contributed by atoms with Gasteiger partial charge in [0, 0.05) is 57.0 Å². The van der Waals surface area contributed by atoms with Crippen LogP contribution in [0.3, 0.4) is 0 Å². The molecule has 264 valence electrons. The lowest BCUT2D eigenvalue weighted by Crippen LogP contribution is -2.39. The average molecular weight is 714 g/mol. The van der Waals surface area contributed by atoms with Crippen LogP contribution in [-0.2, 0) is 0 Å². The van der Waals surface area contributed by atoms with Crippen LogP contribution in [-0.4, -0.2) is 33.9 Å². The van der Waals surface area contributed by atoms with Crippen molar-refractivity contribution < 1.29 is 9.59 Å². The van der Waals surface area contributed by atoms with E-state index in [1.165, 1.54) is 36.8 Å². The Hall–Kier alpha value is -3.74. The van der Waals surface area contributed by atoms with Crippen molar-refractivity contribution in [2.75, 3.05) is 0 Å². The summed E-state index contributed by atoms with van der Waals surface area (Å²) in [6.45, 7) is 8.33. The topological polar surface area (TPSA) is 84.0 Å². The lowest BCUT2D eigenvalue weighted by atomic mass is 9.76. The molecule has 2 amide bonds. The molecule has 2 aromatic carbocycles. The molecule has 0 bridgehead atoms. The second-order valence-electron chi connectivity index (χ2n) is 14.2. The number of nitrogens with zero attached hydrogens (tertiary/aromatic N) is 2. The fourth-order valence-electron chi connectivity index (χ4n) is 7.57. The van der Waals surface area contributed by atoms with Gasteiger partial charge in [-0.15, -0.1) is 0 Å². The fraction of sp³-hybridized carbons (Fsp3) is 0.429. The molecule has 8 heteroatoms. The third-order valence-electron chi connectivity index (χ3n) is 10.7. The van der Waals surface area contributed by atoms with Gasteiger partial charge in [-0.1, -0.05) is 23.2 Å². The van der Waals surface area contributed by atoms with E-state index in [0.29, 0.717) is 44.8 Å². The summed E-state index contributed by atoms with van der Waals surface area (Å²) in [5.41, 5.74) is 6.31. The highest BCUT2D eigenvalue weighted by Crippen LogP contribution is 2.38. The predicted molar refractivity (Wildman–Crippen MR) is 204 cm³/mol. The molecule has 6 nitrogen and oxygen atoms in total. The van der Waals surface area contributed by atoms with Crippen LogP contribution in [0.2, 0.25) is 10.0 Å². The Morgan fingerprint density at radius 2 is 0.920 bits per heavy atom. The van der Waals surface area contributed by atoms with Crippen LogP contribution in [0.25, 0.3) is 0 Å². The second-order valence-corrected chi connectivity index (χ2v) is 15.1. The van der Waals surface area contributed by atoms with Gasteiger partial charge in [0.05, 0.1) is 0 Å². The monoisotopic (exact) mass is 712 g/mol. The van der Waals surface area contributed by atoms with E-state index in [1.54, 1.807) is 48.5 Å². The minimum Gasteiger partial charge on any atom is -0.349 e. The third kappa shape index (κ3) is 10.6. The van der Waals surface area contributed by atoms with Crippen molar-refractivity contribution >= 4 is 35.0 Å². The van der Waals surface area contributed by atoms with Crippen LogP contribution < -0.4 is 10.6 Å². The molecule has 2 aliphatic carbocycles. The smallest absolute Gasteiger partial charge is 0.251 e. The van der Waals surface area contributed by atoms with Gasteiger partial charge in [-0.2, -0.15) is 0 Å². The molecule has 2 aromatic heterocycles. The van der Waals surface area contributed by atoms with Gasteiger partial charge in [0.25, 0.3) is 11.8 Å². The molecular weight excluding hydrogens is 663 g/mol. The zero-order chi connectivity index (χ0) is 35.6. The first-order valence-electron chi connectivity index (χ1n) is 18.0. The predicted octanol–water partition coefficient (Wildman–Crippen LogP) is 10.3. The number of amides is 2. The normalized spacial score (nSPS) is 21.6. The highest BCUT2D eigenvalue weighted by atomic mass is 35.5. The van der Waals surface area contributed by atoms with E-state index >= 15 is 0 Å². The molecule has 1 unspecified atom stereocenters. The largest absolute Gasteiger partial charge is 0.349 e. The average Bonchev–Trinajstić information content (AvgIpc) is 3.12. The zero-order valence-electron chi connectivity index (χ0n) is 29.7. The van der Waals surface area contributed by atoms with Crippen LogP contribution in [0.15, 0.2) is 85.2 Å². The molecule has 6 rings (SSSR count). The minimum atomic E-state index is -0.0175. The maximum atomic E-state index is 12.4. The summed E-state index contributed by atoms with van der Waals surface area (Å²) in [5.74, 6) is 2.28. The lowest BCUT2D eigenvalue weighted by molar-refractivity contribution is 0.0909. The van der Waals surface area contributed by atoms with E-state index in [-0.39, 0.29) is 23.9 Å². The number of benzene rings is 2. The van der Waals surface area contributed by atoms with Crippen LogP contribution in [0.5, 0.6) is 0 Å². The summed E-state index contributed by atoms with van der Waals surface area (Å²) >= 11 is 11.8. The number of aromatic nitrogens is 2. The van der Waals surface area contributed by atoms with E-state index in [9.17, 15) is 9.59 Å². The Kier molecular flexibility index (Phi) is 13.5.